The van der Waals surface area contributed by atoms with Gasteiger partial charge in [0.2, 0.25) is 5.95 Å². The first-order chi connectivity index (χ1) is 12.0. The van der Waals surface area contributed by atoms with E-state index >= 15 is 0 Å². The Morgan fingerprint density at radius 2 is 2.12 bits per heavy atom. The van der Waals surface area contributed by atoms with Gasteiger partial charge in [0.25, 0.3) is 0 Å². The monoisotopic (exact) mass is 338 g/mol. The number of hydrogen-bond acceptors (Lipinski definition) is 4. The number of para-hydroxylation sites is 1. The molecule has 0 bridgehead atoms. The number of pyridine rings is 1. The average molecular weight is 338 g/mol. The van der Waals surface area contributed by atoms with Crippen LogP contribution in [-0.4, -0.2) is 38.1 Å². The van der Waals surface area contributed by atoms with E-state index in [1.807, 2.05) is 30.3 Å². The van der Waals surface area contributed by atoms with E-state index in [9.17, 15) is 4.79 Å². The smallest absolute Gasteiger partial charge is 0.323 e. The summed E-state index contributed by atoms with van der Waals surface area (Å²) in [6.45, 7) is 4.66. The molecule has 0 radical (unpaired) electrons. The minimum atomic E-state index is -0.261. The van der Waals surface area contributed by atoms with Crippen LogP contribution < -0.4 is 5.32 Å². The summed E-state index contributed by atoms with van der Waals surface area (Å²) in [5.41, 5.74) is 1.91. The van der Waals surface area contributed by atoms with Crippen LogP contribution in [0, 0.1) is 5.92 Å². The molecule has 2 heterocycles. The molecular weight excluding hydrogens is 316 g/mol. The predicted octanol–water partition coefficient (Wildman–Crippen LogP) is 3.22. The van der Waals surface area contributed by atoms with Gasteiger partial charge in [0.05, 0.1) is 5.52 Å². The highest BCUT2D eigenvalue weighted by molar-refractivity contribution is 5.87. The molecule has 0 aliphatic heterocycles. The van der Waals surface area contributed by atoms with Crippen LogP contribution in [0.5, 0.6) is 0 Å². The summed E-state index contributed by atoms with van der Waals surface area (Å²) >= 11 is 0. The van der Waals surface area contributed by atoms with Crippen LogP contribution in [-0.2, 0) is 13.0 Å². The van der Waals surface area contributed by atoms with E-state index in [1.165, 1.54) is 0 Å². The second-order valence-electron chi connectivity index (χ2n) is 6.53. The highest BCUT2D eigenvalue weighted by Gasteiger charge is 2.13. The molecule has 25 heavy (non-hydrogen) atoms. The molecular formula is C18H22N6O. The van der Waals surface area contributed by atoms with E-state index in [0.717, 1.165) is 28.7 Å². The second-order valence-corrected chi connectivity index (χ2v) is 6.53. The van der Waals surface area contributed by atoms with Gasteiger partial charge in [0.15, 0.2) is 0 Å². The number of carbonyl (C=O) groups is 1. The molecule has 0 unspecified atom stereocenters. The highest BCUT2D eigenvalue weighted by Crippen LogP contribution is 2.14. The van der Waals surface area contributed by atoms with E-state index in [2.05, 4.69) is 39.3 Å². The molecule has 2 aromatic heterocycles. The minimum Gasteiger partial charge on any atom is -0.323 e. The molecule has 7 heteroatoms. The van der Waals surface area contributed by atoms with Crippen LogP contribution in [0.15, 0.2) is 36.5 Å². The van der Waals surface area contributed by atoms with Gasteiger partial charge >= 0.3 is 6.03 Å². The third-order valence-electron chi connectivity index (χ3n) is 3.77. The third-order valence-corrected chi connectivity index (χ3v) is 3.77. The molecule has 130 valence electrons. The van der Waals surface area contributed by atoms with Crippen molar-refractivity contribution in [2.24, 2.45) is 5.92 Å². The van der Waals surface area contributed by atoms with Crippen molar-refractivity contribution >= 4 is 22.9 Å². The quantitative estimate of drug-likeness (QED) is 0.748. The maximum Gasteiger partial charge on any atom is 0.324 e. The van der Waals surface area contributed by atoms with Crippen molar-refractivity contribution in [1.82, 2.24) is 25.1 Å². The maximum absolute atomic E-state index is 12.3. The van der Waals surface area contributed by atoms with Crippen LogP contribution in [0.4, 0.5) is 10.7 Å². The van der Waals surface area contributed by atoms with Gasteiger partial charge < -0.3 is 4.90 Å². The molecule has 2 amide bonds. The van der Waals surface area contributed by atoms with Crippen molar-refractivity contribution in [3.05, 3.63) is 47.9 Å². The van der Waals surface area contributed by atoms with Crippen molar-refractivity contribution in [1.29, 1.82) is 0 Å². The van der Waals surface area contributed by atoms with Crippen molar-refractivity contribution in [3.8, 4) is 0 Å². The molecule has 0 aliphatic rings. The molecule has 0 aliphatic carbocycles. The summed E-state index contributed by atoms with van der Waals surface area (Å²) in [6.07, 6.45) is 2.58. The topological polar surface area (TPSA) is 86.8 Å². The molecule has 1 aromatic carbocycles. The second kappa shape index (κ2) is 7.29. The van der Waals surface area contributed by atoms with E-state index in [-0.39, 0.29) is 6.03 Å². The van der Waals surface area contributed by atoms with E-state index < -0.39 is 0 Å². The summed E-state index contributed by atoms with van der Waals surface area (Å²) in [5.74, 6) is 1.54. The van der Waals surface area contributed by atoms with Crippen molar-refractivity contribution in [3.63, 3.8) is 0 Å². The number of H-pyrrole nitrogens is 1. The number of rotatable bonds is 5. The Morgan fingerprint density at radius 3 is 2.92 bits per heavy atom. The number of fused-ring (bicyclic) bond motifs is 1. The van der Waals surface area contributed by atoms with Crippen LogP contribution in [0.2, 0.25) is 0 Å². The lowest BCUT2D eigenvalue weighted by atomic mass is 10.1. The van der Waals surface area contributed by atoms with Gasteiger partial charge in [-0.05, 0) is 23.6 Å². The Balaban J connectivity index is 1.62. The van der Waals surface area contributed by atoms with Gasteiger partial charge in [-0.3, -0.25) is 15.4 Å². The summed E-state index contributed by atoms with van der Waals surface area (Å²) in [5, 5.41) is 10.6. The molecule has 7 nitrogen and oxygen atoms in total. The van der Waals surface area contributed by atoms with Crippen LogP contribution in [0.3, 0.4) is 0 Å². The Morgan fingerprint density at radius 1 is 1.32 bits per heavy atom. The number of hydrogen-bond donors (Lipinski definition) is 2. The number of nitrogens with zero attached hydrogens (tertiary/aromatic N) is 4. The molecule has 0 atom stereocenters. The molecule has 0 spiro atoms. The number of anilines is 1. The summed E-state index contributed by atoms with van der Waals surface area (Å²) in [4.78, 5) is 22.6. The predicted molar refractivity (Wildman–Crippen MR) is 97.2 cm³/mol. The van der Waals surface area contributed by atoms with Gasteiger partial charge in [-0.2, -0.15) is 4.98 Å². The van der Waals surface area contributed by atoms with Crippen molar-refractivity contribution in [2.75, 3.05) is 12.4 Å². The molecule has 0 saturated heterocycles. The number of carbonyl (C=O) groups excluding carboxylic acids is 1. The lowest BCUT2D eigenvalue weighted by molar-refractivity contribution is 0.220. The summed E-state index contributed by atoms with van der Waals surface area (Å²) in [6, 6.07) is 9.69. The van der Waals surface area contributed by atoms with Gasteiger partial charge in [-0.1, -0.05) is 32.0 Å². The number of amides is 2. The number of aromatic nitrogens is 4. The van der Waals surface area contributed by atoms with E-state index in [1.54, 1.807) is 18.1 Å². The fourth-order valence-corrected chi connectivity index (χ4v) is 2.57. The standard InChI is InChI=1S/C18H22N6O/c1-12(2)8-16-20-17(23-22-16)21-18(25)24(3)11-13-9-14-6-4-5-7-15(14)19-10-13/h4-7,9-10,12H,8,11H2,1-3H3,(H2,20,21,22,23,25). The molecule has 3 aromatic rings. The van der Waals surface area contributed by atoms with Crippen molar-refractivity contribution in [2.45, 2.75) is 26.8 Å². The highest BCUT2D eigenvalue weighted by atomic mass is 16.2. The largest absolute Gasteiger partial charge is 0.324 e. The fraction of sp³-hybridized carbons (Fsp3) is 0.333. The third kappa shape index (κ3) is 4.32. The van der Waals surface area contributed by atoms with Crippen LogP contribution in [0.25, 0.3) is 10.9 Å². The minimum absolute atomic E-state index is 0.261. The zero-order valence-corrected chi connectivity index (χ0v) is 14.7. The van der Waals surface area contributed by atoms with Gasteiger partial charge in [-0.25, -0.2) is 4.79 Å². The van der Waals surface area contributed by atoms with Gasteiger partial charge in [0.1, 0.15) is 5.82 Å². The van der Waals surface area contributed by atoms with E-state index in [4.69, 9.17) is 0 Å². The van der Waals surface area contributed by atoms with Crippen LogP contribution >= 0.6 is 0 Å². The molecule has 0 saturated carbocycles. The van der Waals surface area contributed by atoms with Crippen LogP contribution in [0.1, 0.15) is 25.2 Å². The SMILES string of the molecule is CC(C)Cc1nc(NC(=O)N(C)Cc2cnc3ccccc3c2)n[nH]1. The maximum atomic E-state index is 12.3. The number of nitrogens with one attached hydrogen (secondary N) is 2. The van der Waals surface area contributed by atoms with Gasteiger partial charge in [-0.15, -0.1) is 5.10 Å². The van der Waals surface area contributed by atoms with Gasteiger partial charge in [0, 0.05) is 31.6 Å². The number of urea groups is 1. The Hall–Kier alpha value is -2.96. The normalized spacial score (nSPS) is 11.0. The molecule has 2 N–H and O–H groups in total. The van der Waals surface area contributed by atoms with Crippen molar-refractivity contribution < 1.29 is 4.79 Å². The first-order valence-electron chi connectivity index (χ1n) is 8.28. The number of benzene rings is 1. The zero-order chi connectivity index (χ0) is 17.8. The first kappa shape index (κ1) is 16.9. The summed E-state index contributed by atoms with van der Waals surface area (Å²) in [7, 11) is 1.73. The average Bonchev–Trinajstić information content (AvgIpc) is 3.00. The lowest BCUT2D eigenvalue weighted by Crippen LogP contribution is -2.31. The Labute approximate surface area is 146 Å². The molecule has 0 fully saturated rings. The Bertz CT molecular complexity index is 873. The fourth-order valence-electron chi connectivity index (χ4n) is 2.57. The lowest BCUT2D eigenvalue weighted by Gasteiger charge is -2.16. The molecule has 3 rings (SSSR count). The summed E-state index contributed by atoms with van der Waals surface area (Å²) < 4.78 is 0. The first-order valence-corrected chi connectivity index (χ1v) is 8.28. The van der Waals surface area contributed by atoms with E-state index in [0.29, 0.717) is 18.4 Å². The zero-order valence-electron chi connectivity index (χ0n) is 14.7. The Kier molecular flexibility index (Phi) is 4.92. The number of aromatic amines is 1.